The maximum atomic E-state index is 11.9. The number of nitro groups is 1. The summed E-state index contributed by atoms with van der Waals surface area (Å²) in [6.07, 6.45) is 0.476. The molecule has 0 bridgehead atoms. The molecule has 2 aromatic carbocycles. The van der Waals surface area contributed by atoms with E-state index in [2.05, 4.69) is 0 Å². The van der Waals surface area contributed by atoms with Crippen molar-refractivity contribution in [1.82, 2.24) is 0 Å². The molecular weight excluding hydrogens is 312 g/mol. The Kier molecular flexibility index (Phi) is 5.47. The molecule has 0 atom stereocenters. The highest BCUT2D eigenvalue weighted by atomic mass is 16.6. The monoisotopic (exact) mass is 326 g/mol. The summed E-state index contributed by atoms with van der Waals surface area (Å²) < 4.78 is 10.0. The van der Waals surface area contributed by atoms with Gasteiger partial charge in [-0.3, -0.25) is 14.9 Å². The fourth-order valence-electron chi connectivity index (χ4n) is 2.02. The van der Waals surface area contributed by atoms with E-state index in [0.717, 1.165) is 5.56 Å². The zero-order valence-corrected chi connectivity index (χ0v) is 12.9. The van der Waals surface area contributed by atoms with Crippen molar-refractivity contribution in [1.29, 1.82) is 5.26 Å². The maximum Gasteiger partial charge on any atom is 0.315 e. The number of methoxy groups -OCH3 is 1. The first-order valence-corrected chi connectivity index (χ1v) is 7.05. The SMILES string of the molecule is COc1ccc(OC(=O)CCc2ccc(C#N)cc2)c([N+](=O)[O-])c1. The third-order valence-electron chi connectivity index (χ3n) is 3.29. The lowest BCUT2D eigenvalue weighted by Crippen LogP contribution is -2.10. The van der Waals surface area contributed by atoms with Crippen LogP contribution in [0.5, 0.6) is 11.5 Å². The molecule has 122 valence electrons. The molecule has 0 saturated heterocycles. The van der Waals surface area contributed by atoms with Crippen LogP contribution in [-0.4, -0.2) is 18.0 Å². The zero-order valence-electron chi connectivity index (χ0n) is 12.9. The number of nitro benzene ring substituents is 1. The van der Waals surface area contributed by atoms with Crippen LogP contribution < -0.4 is 9.47 Å². The van der Waals surface area contributed by atoms with Crippen LogP contribution in [0, 0.1) is 21.4 Å². The molecule has 7 nitrogen and oxygen atoms in total. The molecule has 0 aliphatic heterocycles. The van der Waals surface area contributed by atoms with Gasteiger partial charge < -0.3 is 9.47 Å². The van der Waals surface area contributed by atoms with E-state index in [0.29, 0.717) is 17.7 Å². The van der Waals surface area contributed by atoms with Crippen LogP contribution in [0.4, 0.5) is 5.69 Å². The van der Waals surface area contributed by atoms with Gasteiger partial charge in [-0.2, -0.15) is 5.26 Å². The van der Waals surface area contributed by atoms with Crippen molar-refractivity contribution in [3.8, 4) is 17.6 Å². The lowest BCUT2D eigenvalue weighted by Gasteiger charge is -2.07. The highest BCUT2D eigenvalue weighted by Crippen LogP contribution is 2.31. The number of benzene rings is 2. The van der Waals surface area contributed by atoms with E-state index in [9.17, 15) is 14.9 Å². The second-order valence-corrected chi connectivity index (χ2v) is 4.87. The summed E-state index contributed by atoms with van der Waals surface area (Å²) in [6, 6.07) is 12.8. The van der Waals surface area contributed by atoms with Crippen molar-refractivity contribution in [2.24, 2.45) is 0 Å². The Hall–Kier alpha value is -3.40. The quantitative estimate of drug-likeness (QED) is 0.350. The number of hydrogen-bond acceptors (Lipinski definition) is 6. The first-order chi connectivity index (χ1) is 11.5. The minimum Gasteiger partial charge on any atom is -0.496 e. The molecule has 0 N–H and O–H groups in total. The van der Waals surface area contributed by atoms with Crippen molar-refractivity contribution in [3.05, 3.63) is 63.7 Å². The number of carbonyl (C=O) groups is 1. The Balaban J connectivity index is 2.01. The molecule has 0 spiro atoms. The topological polar surface area (TPSA) is 102 Å². The van der Waals surface area contributed by atoms with E-state index in [1.807, 2.05) is 6.07 Å². The molecule has 0 heterocycles. The molecule has 0 aliphatic rings. The van der Waals surface area contributed by atoms with Crippen LogP contribution in [0.1, 0.15) is 17.5 Å². The lowest BCUT2D eigenvalue weighted by atomic mass is 10.1. The molecule has 2 aromatic rings. The van der Waals surface area contributed by atoms with Gasteiger partial charge in [-0.05, 0) is 36.2 Å². The van der Waals surface area contributed by atoms with Crippen LogP contribution in [0.3, 0.4) is 0 Å². The van der Waals surface area contributed by atoms with Gasteiger partial charge in [0.25, 0.3) is 0 Å². The smallest absolute Gasteiger partial charge is 0.315 e. The van der Waals surface area contributed by atoms with Crippen LogP contribution in [-0.2, 0) is 11.2 Å². The fraction of sp³-hybridized carbons (Fsp3) is 0.176. The predicted octanol–water partition coefficient (Wildman–Crippen LogP) is 3.01. The Morgan fingerprint density at radius 3 is 2.54 bits per heavy atom. The average molecular weight is 326 g/mol. The predicted molar refractivity (Wildman–Crippen MR) is 84.8 cm³/mol. The summed E-state index contributed by atoms with van der Waals surface area (Å²) in [5.41, 5.74) is 1.08. The first-order valence-electron chi connectivity index (χ1n) is 7.05. The Bertz CT molecular complexity index is 794. The molecule has 2 rings (SSSR count). The van der Waals surface area contributed by atoms with Crippen LogP contribution in [0.25, 0.3) is 0 Å². The standard InChI is InChI=1S/C17H14N2O5/c1-23-14-7-8-16(15(10-14)19(21)22)24-17(20)9-6-12-2-4-13(11-18)5-3-12/h2-5,7-8,10H,6,9H2,1H3. The molecule has 7 heteroatoms. The number of carbonyl (C=O) groups excluding carboxylic acids is 1. The van der Waals surface area contributed by atoms with Gasteiger partial charge in [0.2, 0.25) is 5.75 Å². The second kappa shape index (κ2) is 7.74. The summed E-state index contributed by atoms with van der Waals surface area (Å²) >= 11 is 0. The molecule has 0 unspecified atom stereocenters. The lowest BCUT2D eigenvalue weighted by molar-refractivity contribution is -0.385. The number of hydrogen-bond donors (Lipinski definition) is 0. The van der Waals surface area contributed by atoms with E-state index in [1.54, 1.807) is 24.3 Å². The number of nitriles is 1. The molecule has 0 fully saturated rings. The average Bonchev–Trinajstić information content (AvgIpc) is 2.60. The minimum absolute atomic E-state index is 0.0646. The van der Waals surface area contributed by atoms with Gasteiger partial charge in [-0.1, -0.05) is 12.1 Å². The summed E-state index contributed by atoms with van der Waals surface area (Å²) in [6.45, 7) is 0. The number of rotatable bonds is 6. The third-order valence-corrected chi connectivity index (χ3v) is 3.29. The van der Waals surface area contributed by atoms with E-state index < -0.39 is 10.9 Å². The van der Waals surface area contributed by atoms with E-state index in [4.69, 9.17) is 14.7 Å². The molecule has 0 amide bonds. The fourth-order valence-corrected chi connectivity index (χ4v) is 2.02. The van der Waals surface area contributed by atoms with Crippen molar-refractivity contribution in [2.75, 3.05) is 7.11 Å². The molecule has 0 saturated carbocycles. The van der Waals surface area contributed by atoms with Gasteiger partial charge >= 0.3 is 11.7 Å². The third kappa shape index (κ3) is 4.30. The molecule has 0 aromatic heterocycles. The van der Waals surface area contributed by atoms with Gasteiger partial charge in [-0.25, -0.2) is 0 Å². The highest BCUT2D eigenvalue weighted by Gasteiger charge is 2.19. The Labute approximate surface area is 138 Å². The summed E-state index contributed by atoms with van der Waals surface area (Å²) in [5, 5.41) is 19.8. The van der Waals surface area contributed by atoms with Gasteiger partial charge in [-0.15, -0.1) is 0 Å². The van der Waals surface area contributed by atoms with Crippen molar-refractivity contribution < 1.29 is 19.2 Å². The van der Waals surface area contributed by atoms with Crippen molar-refractivity contribution >= 4 is 11.7 Å². The van der Waals surface area contributed by atoms with Crippen LogP contribution in [0.2, 0.25) is 0 Å². The normalized spacial score (nSPS) is 9.83. The zero-order chi connectivity index (χ0) is 17.5. The second-order valence-electron chi connectivity index (χ2n) is 4.87. The maximum absolute atomic E-state index is 11.9. The molecule has 0 aliphatic carbocycles. The summed E-state index contributed by atoms with van der Waals surface area (Å²) in [7, 11) is 1.39. The summed E-state index contributed by atoms with van der Waals surface area (Å²) in [5.74, 6) is -0.391. The molecule has 0 radical (unpaired) electrons. The van der Waals surface area contributed by atoms with Crippen molar-refractivity contribution in [2.45, 2.75) is 12.8 Å². The summed E-state index contributed by atoms with van der Waals surface area (Å²) in [4.78, 5) is 22.3. The van der Waals surface area contributed by atoms with Gasteiger partial charge in [0, 0.05) is 6.42 Å². The molecular formula is C17H14N2O5. The van der Waals surface area contributed by atoms with Gasteiger partial charge in [0.15, 0.2) is 0 Å². The number of aryl methyl sites for hydroxylation is 1. The number of nitrogens with zero attached hydrogens (tertiary/aromatic N) is 2. The van der Waals surface area contributed by atoms with Crippen molar-refractivity contribution in [3.63, 3.8) is 0 Å². The van der Waals surface area contributed by atoms with E-state index in [-0.39, 0.29) is 17.9 Å². The molecule has 24 heavy (non-hydrogen) atoms. The number of esters is 1. The van der Waals surface area contributed by atoms with Gasteiger partial charge in [0.05, 0.1) is 29.7 Å². The highest BCUT2D eigenvalue weighted by molar-refractivity contribution is 5.74. The minimum atomic E-state index is -0.633. The Morgan fingerprint density at radius 1 is 1.25 bits per heavy atom. The van der Waals surface area contributed by atoms with Crippen LogP contribution >= 0.6 is 0 Å². The van der Waals surface area contributed by atoms with E-state index in [1.165, 1.54) is 25.3 Å². The van der Waals surface area contributed by atoms with Gasteiger partial charge in [0.1, 0.15) is 5.75 Å². The largest absolute Gasteiger partial charge is 0.496 e. The first kappa shape index (κ1) is 17.0. The van der Waals surface area contributed by atoms with E-state index >= 15 is 0 Å². The van der Waals surface area contributed by atoms with Crippen LogP contribution in [0.15, 0.2) is 42.5 Å². The number of ether oxygens (including phenoxy) is 2. The Morgan fingerprint density at radius 2 is 1.96 bits per heavy atom.